The Morgan fingerprint density at radius 2 is 2.14 bits per heavy atom. The molecule has 1 aromatic carbocycles. The van der Waals surface area contributed by atoms with Crippen molar-refractivity contribution in [2.24, 2.45) is 10.1 Å². The molecule has 2 rings (SSSR count). The maximum atomic E-state index is 12.7. The van der Waals surface area contributed by atoms with Crippen molar-refractivity contribution < 1.29 is 9.53 Å². The SMILES string of the molecule is C=C(Br)/C=N\N(C)/C(Cl)=C\C(=N/C)C1CCCCN1C(=O)OCc1ccccc1. The van der Waals surface area contributed by atoms with E-state index in [9.17, 15) is 4.79 Å². The highest BCUT2D eigenvalue weighted by molar-refractivity contribution is 9.12. The molecule has 0 aromatic heterocycles. The Kier molecular flexibility index (Phi) is 9.41. The van der Waals surface area contributed by atoms with E-state index in [-0.39, 0.29) is 18.7 Å². The Balaban J connectivity index is 2.10. The third kappa shape index (κ3) is 7.33. The highest BCUT2D eigenvalue weighted by Gasteiger charge is 2.31. The summed E-state index contributed by atoms with van der Waals surface area (Å²) >= 11 is 9.61. The summed E-state index contributed by atoms with van der Waals surface area (Å²) in [5, 5.41) is 6.08. The molecule has 0 radical (unpaired) electrons. The minimum Gasteiger partial charge on any atom is -0.445 e. The largest absolute Gasteiger partial charge is 0.445 e. The average Bonchev–Trinajstić information content (AvgIpc) is 2.74. The van der Waals surface area contributed by atoms with Crippen molar-refractivity contribution >= 4 is 45.6 Å². The average molecular weight is 482 g/mol. The van der Waals surface area contributed by atoms with Gasteiger partial charge in [0.25, 0.3) is 0 Å². The summed E-state index contributed by atoms with van der Waals surface area (Å²) in [5.41, 5.74) is 1.67. The normalized spacial score (nSPS) is 18.1. The zero-order valence-electron chi connectivity index (χ0n) is 16.7. The molecule has 1 saturated heterocycles. The molecule has 156 valence electrons. The third-order valence-corrected chi connectivity index (χ3v) is 5.05. The minimum atomic E-state index is -0.341. The van der Waals surface area contributed by atoms with Crippen molar-refractivity contribution in [3.05, 3.63) is 58.2 Å². The van der Waals surface area contributed by atoms with E-state index >= 15 is 0 Å². The molecule has 1 heterocycles. The lowest BCUT2D eigenvalue weighted by Crippen LogP contribution is -2.48. The molecule has 0 aliphatic carbocycles. The number of hydrazone groups is 1. The van der Waals surface area contributed by atoms with Crippen LogP contribution in [0.3, 0.4) is 0 Å². The van der Waals surface area contributed by atoms with Crippen LogP contribution in [0.2, 0.25) is 0 Å². The molecule has 1 atom stereocenters. The maximum absolute atomic E-state index is 12.7. The number of carbonyl (C=O) groups excluding carboxylic acids is 1. The monoisotopic (exact) mass is 480 g/mol. The molecule has 0 N–H and O–H groups in total. The lowest BCUT2D eigenvalue weighted by molar-refractivity contribution is 0.0808. The number of benzene rings is 1. The summed E-state index contributed by atoms with van der Waals surface area (Å²) in [6.45, 7) is 4.57. The predicted molar refractivity (Wildman–Crippen MR) is 123 cm³/mol. The number of aliphatic imine (C=N–C) groups is 1. The van der Waals surface area contributed by atoms with E-state index in [1.54, 1.807) is 31.3 Å². The number of ether oxygens (including phenoxy) is 1. The van der Waals surface area contributed by atoms with Gasteiger partial charge < -0.3 is 4.74 Å². The van der Waals surface area contributed by atoms with Gasteiger partial charge in [0.05, 0.1) is 18.0 Å². The van der Waals surface area contributed by atoms with E-state index in [0.29, 0.717) is 21.9 Å². The molecule has 1 aliphatic rings. The second-order valence-electron chi connectivity index (χ2n) is 6.58. The van der Waals surface area contributed by atoms with E-state index in [1.807, 2.05) is 30.3 Å². The van der Waals surface area contributed by atoms with Crippen LogP contribution in [0.25, 0.3) is 0 Å². The first-order valence-electron chi connectivity index (χ1n) is 9.35. The molecule has 1 amide bonds. The van der Waals surface area contributed by atoms with Crippen LogP contribution in [-0.2, 0) is 11.3 Å². The minimum absolute atomic E-state index is 0.186. The number of hydrogen-bond acceptors (Lipinski definition) is 5. The van der Waals surface area contributed by atoms with E-state index in [2.05, 4.69) is 32.6 Å². The first-order chi connectivity index (χ1) is 13.9. The number of halogens is 2. The van der Waals surface area contributed by atoms with Gasteiger partial charge in [-0.05, 0) is 46.8 Å². The first-order valence-corrected chi connectivity index (χ1v) is 10.5. The van der Waals surface area contributed by atoms with Gasteiger partial charge in [-0.15, -0.1) is 0 Å². The molecule has 8 heteroatoms. The molecule has 1 aliphatic heterocycles. The Morgan fingerprint density at radius 3 is 2.79 bits per heavy atom. The Hall–Kier alpha value is -2.12. The Labute approximate surface area is 185 Å². The predicted octanol–water partition coefficient (Wildman–Crippen LogP) is 5.15. The van der Waals surface area contributed by atoms with Crippen LogP contribution in [0.5, 0.6) is 0 Å². The van der Waals surface area contributed by atoms with Crippen LogP contribution in [0.4, 0.5) is 4.79 Å². The van der Waals surface area contributed by atoms with E-state index < -0.39 is 0 Å². The smallest absolute Gasteiger partial charge is 0.410 e. The van der Waals surface area contributed by atoms with Crippen LogP contribution in [-0.4, -0.2) is 54.6 Å². The number of carbonyl (C=O) groups is 1. The highest BCUT2D eigenvalue weighted by Crippen LogP contribution is 2.22. The number of nitrogens with zero attached hydrogens (tertiary/aromatic N) is 4. The van der Waals surface area contributed by atoms with Crippen LogP contribution in [0.15, 0.2) is 62.7 Å². The zero-order valence-corrected chi connectivity index (χ0v) is 19.1. The number of hydrogen-bond donors (Lipinski definition) is 0. The van der Waals surface area contributed by atoms with Gasteiger partial charge in [0, 0.05) is 25.1 Å². The van der Waals surface area contributed by atoms with E-state index in [1.165, 1.54) is 5.01 Å². The summed E-state index contributed by atoms with van der Waals surface area (Å²) < 4.78 is 6.18. The summed E-state index contributed by atoms with van der Waals surface area (Å²) in [5.74, 6) is 0. The number of allylic oxidation sites excluding steroid dienone is 1. The fourth-order valence-electron chi connectivity index (χ4n) is 2.99. The van der Waals surface area contributed by atoms with Gasteiger partial charge in [0.2, 0.25) is 0 Å². The Morgan fingerprint density at radius 1 is 1.41 bits per heavy atom. The first kappa shape index (κ1) is 23.2. The highest BCUT2D eigenvalue weighted by atomic mass is 79.9. The van der Waals surface area contributed by atoms with Crippen LogP contribution < -0.4 is 0 Å². The van der Waals surface area contributed by atoms with Crippen molar-refractivity contribution in [1.29, 1.82) is 0 Å². The fraction of sp³-hybridized carbons (Fsp3) is 0.381. The summed E-state index contributed by atoms with van der Waals surface area (Å²) in [6.07, 6.45) is 5.69. The number of rotatable bonds is 7. The van der Waals surface area contributed by atoms with Crippen molar-refractivity contribution in [2.75, 3.05) is 20.6 Å². The number of piperidine rings is 1. The van der Waals surface area contributed by atoms with Crippen LogP contribution >= 0.6 is 27.5 Å². The molecule has 6 nitrogen and oxygen atoms in total. The molecule has 1 aromatic rings. The number of amides is 1. The van der Waals surface area contributed by atoms with Crippen molar-refractivity contribution in [1.82, 2.24) is 9.91 Å². The molecule has 0 saturated carbocycles. The standard InChI is InChI=1S/C21H26BrClN4O2/c1-16(22)14-25-26(3)20(23)13-18(24-2)19-11-7-8-12-27(19)21(28)29-15-17-9-5-4-6-10-17/h4-6,9-10,13-14,19H,1,7-8,11-12,15H2,2-3H3/b20-13-,24-18+,25-14-. The molecule has 29 heavy (non-hydrogen) atoms. The topological polar surface area (TPSA) is 57.5 Å². The summed E-state index contributed by atoms with van der Waals surface area (Å²) in [4.78, 5) is 18.9. The number of likely N-dealkylation sites (tertiary alicyclic amines) is 1. The van der Waals surface area contributed by atoms with Gasteiger partial charge in [-0.2, -0.15) is 5.10 Å². The van der Waals surface area contributed by atoms with E-state index in [0.717, 1.165) is 24.8 Å². The van der Waals surface area contributed by atoms with Gasteiger partial charge in [-0.3, -0.25) is 14.9 Å². The zero-order chi connectivity index (χ0) is 21.2. The molecule has 1 unspecified atom stereocenters. The van der Waals surface area contributed by atoms with E-state index in [4.69, 9.17) is 16.3 Å². The second-order valence-corrected chi connectivity index (χ2v) is 7.98. The molecular formula is C21H26BrClN4O2. The molecule has 0 bridgehead atoms. The summed E-state index contributed by atoms with van der Waals surface area (Å²) in [7, 11) is 3.42. The molecule has 0 spiro atoms. The van der Waals surface area contributed by atoms with Crippen molar-refractivity contribution in [3.8, 4) is 0 Å². The molecule has 1 fully saturated rings. The summed E-state index contributed by atoms with van der Waals surface area (Å²) in [6, 6.07) is 9.45. The lowest BCUT2D eigenvalue weighted by atomic mass is 9.98. The van der Waals surface area contributed by atoms with Gasteiger partial charge in [-0.25, -0.2) is 4.79 Å². The van der Waals surface area contributed by atoms with Gasteiger partial charge in [0.15, 0.2) is 0 Å². The van der Waals surface area contributed by atoms with Crippen molar-refractivity contribution in [3.63, 3.8) is 0 Å². The second kappa shape index (κ2) is 11.8. The van der Waals surface area contributed by atoms with Crippen LogP contribution in [0, 0.1) is 0 Å². The quantitative estimate of drug-likeness (QED) is 0.307. The van der Waals surface area contributed by atoms with Gasteiger partial charge >= 0.3 is 6.09 Å². The lowest BCUT2D eigenvalue weighted by Gasteiger charge is -2.35. The third-order valence-electron chi connectivity index (χ3n) is 4.49. The Bertz CT molecular complexity index is 795. The van der Waals surface area contributed by atoms with Crippen molar-refractivity contribution in [2.45, 2.75) is 31.9 Å². The fourth-order valence-corrected chi connectivity index (χ4v) is 3.24. The van der Waals surface area contributed by atoms with Gasteiger partial charge in [0.1, 0.15) is 11.8 Å². The maximum Gasteiger partial charge on any atom is 0.410 e. The van der Waals surface area contributed by atoms with Gasteiger partial charge in [-0.1, -0.05) is 48.5 Å². The van der Waals surface area contributed by atoms with Crippen LogP contribution in [0.1, 0.15) is 24.8 Å². The molecular weight excluding hydrogens is 456 g/mol.